The maximum absolute atomic E-state index is 12.9. The predicted octanol–water partition coefficient (Wildman–Crippen LogP) is 1.69. The summed E-state index contributed by atoms with van der Waals surface area (Å²) < 4.78 is 1.82. The molecule has 7 heteroatoms. The van der Waals surface area contributed by atoms with Crippen molar-refractivity contribution in [3.63, 3.8) is 0 Å². The Bertz CT molecular complexity index is 894. The van der Waals surface area contributed by atoms with E-state index in [1.807, 2.05) is 50.0 Å². The minimum atomic E-state index is -0.398. The molecule has 1 aromatic heterocycles. The average Bonchev–Trinajstić information content (AvgIpc) is 3.33. The van der Waals surface area contributed by atoms with Crippen molar-refractivity contribution < 1.29 is 9.59 Å². The Kier molecular flexibility index (Phi) is 5.41. The second kappa shape index (κ2) is 7.99. The molecule has 3 heterocycles. The molecule has 2 aliphatic heterocycles. The number of nitrogens with zero attached hydrogens (tertiary/aromatic N) is 3. The topological polar surface area (TPSA) is 79.3 Å². The molecule has 2 fully saturated rings. The molecule has 2 aliphatic rings. The van der Waals surface area contributed by atoms with Crippen LogP contribution in [-0.2, 0) is 23.2 Å². The maximum Gasteiger partial charge on any atom is 0.246 e. The van der Waals surface area contributed by atoms with Crippen molar-refractivity contribution >= 4 is 11.8 Å². The van der Waals surface area contributed by atoms with E-state index in [0.29, 0.717) is 19.5 Å². The molecule has 0 spiro atoms. The van der Waals surface area contributed by atoms with Crippen LogP contribution in [0.1, 0.15) is 32.3 Å². The molecule has 0 radical (unpaired) electrons. The molecule has 4 atom stereocenters. The first-order valence-electron chi connectivity index (χ1n) is 10.4. The van der Waals surface area contributed by atoms with Gasteiger partial charge in [-0.15, -0.1) is 0 Å². The summed E-state index contributed by atoms with van der Waals surface area (Å²) in [6.07, 6.45) is 3.53. The lowest BCUT2D eigenvalue weighted by atomic mass is 9.95. The Balaban J connectivity index is 1.44. The lowest BCUT2D eigenvalue weighted by Gasteiger charge is -2.36. The van der Waals surface area contributed by atoms with Crippen LogP contribution >= 0.6 is 0 Å². The van der Waals surface area contributed by atoms with E-state index in [9.17, 15) is 9.59 Å². The molecular weight excluding hydrogens is 366 g/mol. The molecule has 7 nitrogen and oxygen atoms in total. The van der Waals surface area contributed by atoms with Gasteiger partial charge < -0.3 is 15.5 Å². The van der Waals surface area contributed by atoms with Crippen LogP contribution < -0.4 is 10.6 Å². The molecule has 4 rings (SSSR count). The van der Waals surface area contributed by atoms with Gasteiger partial charge in [0.15, 0.2) is 0 Å². The largest absolute Gasteiger partial charge is 0.342 e. The third-order valence-corrected chi connectivity index (χ3v) is 6.20. The maximum atomic E-state index is 12.9. The zero-order chi connectivity index (χ0) is 20.5. The number of carbonyl (C=O) groups is 2. The molecular formula is C22H29N5O2. The molecule has 0 bridgehead atoms. The van der Waals surface area contributed by atoms with Crippen LogP contribution in [0.4, 0.5) is 0 Å². The van der Waals surface area contributed by atoms with Crippen LogP contribution in [0.15, 0.2) is 36.5 Å². The number of fused-ring (bicyclic) bond motifs is 1. The molecule has 2 amide bonds. The summed E-state index contributed by atoms with van der Waals surface area (Å²) in [5, 5.41) is 11.1. The summed E-state index contributed by atoms with van der Waals surface area (Å²) in [6, 6.07) is 9.46. The molecule has 29 heavy (non-hydrogen) atoms. The van der Waals surface area contributed by atoms with Crippen LogP contribution in [0.2, 0.25) is 0 Å². The first kappa shape index (κ1) is 19.6. The third-order valence-electron chi connectivity index (χ3n) is 6.20. The minimum Gasteiger partial charge on any atom is -0.342 e. The lowest BCUT2D eigenvalue weighted by Crippen LogP contribution is -2.62. The number of rotatable bonds is 6. The van der Waals surface area contributed by atoms with Crippen molar-refractivity contribution in [1.29, 1.82) is 0 Å². The van der Waals surface area contributed by atoms with Gasteiger partial charge >= 0.3 is 0 Å². The predicted molar refractivity (Wildman–Crippen MR) is 111 cm³/mol. The number of aromatic nitrogens is 2. The molecule has 0 aliphatic carbocycles. The summed E-state index contributed by atoms with van der Waals surface area (Å²) in [7, 11) is 1.92. The zero-order valence-electron chi connectivity index (χ0n) is 17.3. The highest BCUT2D eigenvalue weighted by atomic mass is 16.2. The molecule has 2 aromatic rings. The number of piperazine rings is 1. The van der Waals surface area contributed by atoms with E-state index in [4.69, 9.17) is 0 Å². The minimum absolute atomic E-state index is 0.0226. The fourth-order valence-electron chi connectivity index (χ4n) is 4.35. The summed E-state index contributed by atoms with van der Waals surface area (Å²) in [6.45, 7) is 5.28. The van der Waals surface area contributed by atoms with Crippen LogP contribution in [0, 0.1) is 5.92 Å². The number of hydrogen-bond acceptors (Lipinski definition) is 4. The first-order chi connectivity index (χ1) is 14.0. The van der Waals surface area contributed by atoms with Crippen LogP contribution in [0.3, 0.4) is 0 Å². The Morgan fingerprint density at radius 3 is 2.76 bits per heavy atom. The standard InChI is InChI=1S/C22H29N5O2/c1-4-14(2)19-22(29)27-13-17(10-18(27)21(28)24-19)23-11-16-12-26(3)25-20(16)15-8-6-5-7-9-15/h5-9,12,14,17-19,23H,4,10-11,13H2,1-3H3,(H,24,28)/t14-,17-,18-,19-/m0/s1. The summed E-state index contributed by atoms with van der Waals surface area (Å²) in [5.41, 5.74) is 3.15. The quantitative estimate of drug-likeness (QED) is 0.780. The van der Waals surface area contributed by atoms with Crippen LogP contribution in [0.5, 0.6) is 0 Å². The first-order valence-corrected chi connectivity index (χ1v) is 10.4. The fraction of sp³-hybridized carbons (Fsp3) is 0.500. The average molecular weight is 396 g/mol. The Morgan fingerprint density at radius 2 is 2.03 bits per heavy atom. The van der Waals surface area contributed by atoms with Gasteiger partial charge in [0.25, 0.3) is 0 Å². The zero-order valence-corrected chi connectivity index (χ0v) is 17.3. The van der Waals surface area contributed by atoms with Crippen molar-refractivity contribution in [3.05, 3.63) is 42.1 Å². The molecule has 2 saturated heterocycles. The molecule has 2 N–H and O–H groups in total. The second-order valence-corrected chi connectivity index (χ2v) is 8.23. The summed E-state index contributed by atoms with van der Waals surface area (Å²) in [5.74, 6) is 0.174. The molecule has 1 aromatic carbocycles. The number of nitrogens with one attached hydrogen (secondary N) is 2. The normalized spacial score (nSPS) is 25.1. The van der Waals surface area contributed by atoms with Crippen LogP contribution in [-0.4, -0.2) is 51.2 Å². The number of benzene rings is 1. The fourth-order valence-corrected chi connectivity index (χ4v) is 4.35. The van der Waals surface area contributed by atoms with Crippen molar-refractivity contribution in [3.8, 4) is 11.3 Å². The highest BCUT2D eigenvalue weighted by Gasteiger charge is 2.47. The van der Waals surface area contributed by atoms with Gasteiger partial charge in [-0.05, 0) is 12.3 Å². The van der Waals surface area contributed by atoms with Gasteiger partial charge in [-0.25, -0.2) is 0 Å². The Morgan fingerprint density at radius 1 is 1.28 bits per heavy atom. The Labute approximate surface area is 171 Å². The highest BCUT2D eigenvalue weighted by Crippen LogP contribution is 2.27. The van der Waals surface area contributed by atoms with E-state index in [0.717, 1.165) is 23.2 Å². The van der Waals surface area contributed by atoms with Crippen molar-refractivity contribution in [2.24, 2.45) is 13.0 Å². The van der Waals surface area contributed by atoms with E-state index >= 15 is 0 Å². The Hall–Kier alpha value is -2.67. The van der Waals surface area contributed by atoms with Gasteiger partial charge in [0.05, 0.1) is 5.69 Å². The van der Waals surface area contributed by atoms with E-state index in [1.54, 1.807) is 4.90 Å². The second-order valence-electron chi connectivity index (χ2n) is 8.23. The van der Waals surface area contributed by atoms with Gasteiger partial charge in [0.2, 0.25) is 11.8 Å². The molecule has 0 unspecified atom stereocenters. The molecule has 0 saturated carbocycles. The lowest BCUT2D eigenvalue weighted by molar-refractivity contribution is -0.148. The van der Waals surface area contributed by atoms with Gasteiger partial charge in [0.1, 0.15) is 12.1 Å². The van der Waals surface area contributed by atoms with E-state index in [1.165, 1.54) is 0 Å². The highest BCUT2D eigenvalue weighted by molar-refractivity contribution is 5.97. The van der Waals surface area contributed by atoms with E-state index in [-0.39, 0.29) is 29.8 Å². The monoisotopic (exact) mass is 395 g/mol. The number of hydrogen-bond donors (Lipinski definition) is 2. The van der Waals surface area contributed by atoms with Gasteiger partial charge in [-0.1, -0.05) is 50.6 Å². The third kappa shape index (κ3) is 3.79. The van der Waals surface area contributed by atoms with Gasteiger partial charge in [-0.3, -0.25) is 14.3 Å². The van der Waals surface area contributed by atoms with Crippen LogP contribution in [0.25, 0.3) is 11.3 Å². The van der Waals surface area contributed by atoms with Crippen molar-refractivity contribution in [2.45, 2.75) is 51.4 Å². The number of aryl methyl sites for hydroxylation is 1. The van der Waals surface area contributed by atoms with E-state index < -0.39 is 6.04 Å². The van der Waals surface area contributed by atoms with Gasteiger partial charge in [-0.2, -0.15) is 5.10 Å². The van der Waals surface area contributed by atoms with Crippen molar-refractivity contribution in [1.82, 2.24) is 25.3 Å². The number of carbonyl (C=O) groups excluding carboxylic acids is 2. The molecule has 154 valence electrons. The van der Waals surface area contributed by atoms with Gasteiger partial charge in [0, 0.05) is 43.5 Å². The SMILES string of the molecule is CC[C@H](C)[C@@H]1NC(=O)[C@@H]2C[C@H](NCc3cn(C)nc3-c3ccccc3)CN2C1=O. The summed E-state index contributed by atoms with van der Waals surface area (Å²) >= 11 is 0. The smallest absolute Gasteiger partial charge is 0.246 e. The van der Waals surface area contributed by atoms with E-state index in [2.05, 4.69) is 27.9 Å². The van der Waals surface area contributed by atoms with Crippen molar-refractivity contribution in [2.75, 3.05) is 6.54 Å². The summed E-state index contributed by atoms with van der Waals surface area (Å²) in [4.78, 5) is 27.2. The number of amides is 2.